The maximum absolute atomic E-state index is 12.9. The fourth-order valence-electron chi connectivity index (χ4n) is 2.94. The highest BCUT2D eigenvalue weighted by Gasteiger charge is 2.28. The Kier molecular flexibility index (Phi) is 5.89. The number of carbonyl (C=O) groups is 2. The van der Waals surface area contributed by atoms with Crippen molar-refractivity contribution in [1.82, 2.24) is 14.6 Å². The quantitative estimate of drug-likeness (QED) is 0.588. The van der Waals surface area contributed by atoms with Gasteiger partial charge in [0.05, 0.1) is 41.4 Å². The molecule has 0 bridgehead atoms. The third kappa shape index (κ3) is 3.83. The standard InChI is InChI=1S/C17H19N3O7S/c21-6-3-18-16(22)13-10-19-14-2-1-11(9-12(14)15(13)17(23)24)28(25,26)20-4-7-27-8-5-20/h1-2,9-10,21H,3-8H2,(H,18,22)(H,23,24). The maximum atomic E-state index is 12.9. The molecule has 1 aliphatic rings. The Bertz CT molecular complexity index is 1020. The van der Waals surface area contributed by atoms with Crippen molar-refractivity contribution in [2.75, 3.05) is 39.5 Å². The lowest BCUT2D eigenvalue weighted by Gasteiger charge is -2.26. The van der Waals surface area contributed by atoms with E-state index in [-0.39, 0.29) is 66.4 Å². The number of nitrogens with one attached hydrogen (secondary N) is 1. The number of benzene rings is 1. The molecule has 1 amide bonds. The van der Waals surface area contributed by atoms with Crippen molar-refractivity contribution in [2.24, 2.45) is 0 Å². The highest BCUT2D eigenvalue weighted by Crippen LogP contribution is 2.26. The van der Waals surface area contributed by atoms with E-state index in [1.54, 1.807) is 0 Å². The molecule has 11 heteroatoms. The largest absolute Gasteiger partial charge is 0.478 e. The third-order valence-corrected chi connectivity index (χ3v) is 6.20. The molecule has 10 nitrogen and oxygen atoms in total. The number of aliphatic hydroxyl groups is 1. The number of fused-ring (bicyclic) bond motifs is 1. The second-order valence-electron chi connectivity index (χ2n) is 6.03. The first-order valence-corrected chi connectivity index (χ1v) is 9.93. The summed E-state index contributed by atoms with van der Waals surface area (Å²) in [6.45, 7) is 0.605. The van der Waals surface area contributed by atoms with Crippen LogP contribution in [-0.4, -0.2) is 79.3 Å². The molecule has 0 atom stereocenters. The van der Waals surface area contributed by atoms with Gasteiger partial charge in [-0.3, -0.25) is 9.78 Å². The maximum Gasteiger partial charge on any atom is 0.337 e. The molecule has 2 aromatic rings. The number of aliphatic hydroxyl groups excluding tert-OH is 1. The molecule has 1 aromatic heterocycles. The molecule has 2 heterocycles. The number of hydrogen-bond donors (Lipinski definition) is 3. The van der Waals surface area contributed by atoms with E-state index in [1.165, 1.54) is 22.5 Å². The van der Waals surface area contributed by atoms with Gasteiger partial charge in [0.25, 0.3) is 5.91 Å². The second-order valence-corrected chi connectivity index (χ2v) is 7.96. The van der Waals surface area contributed by atoms with Gasteiger partial charge in [-0.1, -0.05) is 0 Å². The molecule has 1 aromatic carbocycles. The Labute approximate surface area is 160 Å². The minimum Gasteiger partial charge on any atom is -0.478 e. The predicted molar refractivity (Wildman–Crippen MR) is 97.7 cm³/mol. The Morgan fingerprint density at radius 1 is 1.25 bits per heavy atom. The zero-order valence-corrected chi connectivity index (χ0v) is 15.6. The number of rotatable bonds is 6. The number of carbonyl (C=O) groups excluding carboxylic acids is 1. The van der Waals surface area contributed by atoms with Crippen molar-refractivity contribution in [1.29, 1.82) is 0 Å². The minimum atomic E-state index is -3.84. The van der Waals surface area contributed by atoms with Crippen molar-refractivity contribution >= 4 is 32.8 Å². The first kappa shape index (κ1) is 20.1. The summed E-state index contributed by atoms with van der Waals surface area (Å²) < 4.78 is 32.2. The highest BCUT2D eigenvalue weighted by atomic mass is 32.2. The molecule has 0 saturated carbocycles. The zero-order valence-electron chi connectivity index (χ0n) is 14.8. The molecule has 3 rings (SSSR count). The lowest BCUT2D eigenvalue weighted by atomic mass is 10.0. The highest BCUT2D eigenvalue weighted by molar-refractivity contribution is 7.89. The summed E-state index contributed by atoms with van der Waals surface area (Å²) in [5, 5.41) is 20.9. The number of sulfonamides is 1. The van der Waals surface area contributed by atoms with Crippen LogP contribution in [0.15, 0.2) is 29.3 Å². The van der Waals surface area contributed by atoms with E-state index in [2.05, 4.69) is 10.3 Å². The summed E-state index contributed by atoms with van der Waals surface area (Å²) in [6.07, 6.45) is 1.12. The van der Waals surface area contributed by atoms with E-state index >= 15 is 0 Å². The van der Waals surface area contributed by atoms with Gasteiger partial charge in [-0.2, -0.15) is 4.31 Å². The Morgan fingerprint density at radius 3 is 2.61 bits per heavy atom. The van der Waals surface area contributed by atoms with E-state index in [4.69, 9.17) is 9.84 Å². The first-order valence-electron chi connectivity index (χ1n) is 8.49. The molecule has 150 valence electrons. The summed E-state index contributed by atoms with van der Waals surface area (Å²) in [5.74, 6) is -2.11. The van der Waals surface area contributed by atoms with Crippen molar-refractivity contribution in [3.8, 4) is 0 Å². The van der Waals surface area contributed by atoms with Gasteiger partial charge in [0.1, 0.15) is 0 Å². The van der Waals surface area contributed by atoms with Crippen LogP contribution in [0.25, 0.3) is 10.9 Å². The van der Waals surface area contributed by atoms with Crippen LogP contribution in [0.1, 0.15) is 20.7 Å². The average molecular weight is 409 g/mol. The Hall–Kier alpha value is -2.60. The number of amides is 1. The van der Waals surface area contributed by atoms with Gasteiger partial charge < -0.3 is 20.3 Å². The van der Waals surface area contributed by atoms with Gasteiger partial charge in [-0.15, -0.1) is 0 Å². The molecule has 3 N–H and O–H groups in total. The van der Waals surface area contributed by atoms with Crippen LogP contribution in [0.4, 0.5) is 0 Å². The van der Waals surface area contributed by atoms with Crippen LogP contribution in [0.3, 0.4) is 0 Å². The smallest absolute Gasteiger partial charge is 0.337 e. The molecule has 28 heavy (non-hydrogen) atoms. The summed E-state index contributed by atoms with van der Waals surface area (Å²) in [7, 11) is -3.84. The van der Waals surface area contributed by atoms with E-state index in [0.717, 1.165) is 6.20 Å². The summed E-state index contributed by atoms with van der Waals surface area (Å²) >= 11 is 0. The summed E-state index contributed by atoms with van der Waals surface area (Å²) in [4.78, 5) is 28.1. The lowest BCUT2D eigenvalue weighted by Crippen LogP contribution is -2.40. The van der Waals surface area contributed by atoms with Crippen molar-refractivity contribution in [3.63, 3.8) is 0 Å². The number of hydrogen-bond acceptors (Lipinski definition) is 7. The number of carboxylic acids is 1. The molecule has 0 aliphatic carbocycles. The van der Waals surface area contributed by atoms with Gasteiger partial charge >= 0.3 is 5.97 Å². The van der Waals surface area contributed by atoms with Gasteiger partial charge in [0.15, 0.2) is 0 Å². The molecule has 0 unspecified atom stereocenters. The van der Waals surface area contributed by atoms with Gasteiger partial charge in [-0.05, 0) is 18.2 Å². The third-order valence-electron chi connectivity index (χ3n) is 4.30. The monoisotopic (exact) mass is 409 g/mol. The minimum absolute atomic E-state index is 0.0403. The predicted octanol–water partition coefficient (Wildman–Crippen LogP) is -0.324. The van der Waals surface area contributed by atoms with Gasteiger partial charge in [0, 0.05) is 31.2 Å². The lowest BCUT2D eigenvalue weighted by molar-refractivity contribution is 0.0693. The SMILES string of the molecule is O=C(NCCO)c1cnc2ccc(S(=O)(=O)N3CCOCC3)cc2c1C(=O)O. The number of morpholine rings is 1. The van der Waals surface area contributed by atoms with Crippen molar-refractivity contribution in [3.05, 3.63) is 35.5 Å². The van der Waals surface area contributed by atoms with E-state index in [1.807, 2.05) is 0 Å². The number of ether oxygens (including phenoxy) is 1. The van der Waals surface area contributed by atoms with E-state index < -0.39 is 21.9 Å². The number of pyridine rings is 1. The van der Waals surface area contributed by atoms with Crippen LogP contribution in [0.5, 0.6) is 0 Å². The summed E-state index contributed by atoms with van der Waals surface area (Å²) in [6, 6.07) is 3.99. The fourth-order valence-corrected chi connectivity index (χ4v) is 4.37. The number of aromatic carboxylic acids is 1. The summed E-state index contributed by atoms with van der Waals surface area (Å²) in [5.41, 5.74) is -0.314. The average Bonchev–Trinajstić information content (AvgIpc) is 2.71. The second kappa shape index (κ2) is 8.19. The van der Waals surface area contributed by atoms with Crippen LogP contribution >= 0.6 is 0 Å². The van der Waals surface area contributed by atoms with E-state index in [9.17, 15) is 23.1 Å². The fraction of sp³-hybridized carbons (Fsp3) is 0.353. The Morgan fingerprint density at radius 2 is 1.96 bits per heavy atom. The molecule has 0 spiro atoms. The van der Waals surface area contributed by atoms with Crippen molar-refractivity contribution in [2.45, 2.75) is 4.90 Å². The molecule has 1 saturated heterocycles. The topological polar surface area (TPSA) is 146 Å². The number of carboxylic acid groups (broad SMARTS) is 1. The molecular weight excluding hydrogens is 390 g/mol. The molecular formula is C17H19N3O7S. The number of aromatic nitrogens is 1. The molecule has 1 aliphatic heterocycles. The van der Waals surface area contributed by atoms with Crippen LogP contribution in [-0.2, 0) is 14.8 Å². The molecule has 1 fully saturated rings. The van der Waals surface area contributed by atoms with Crippen LogP contribution in [0, 0.1) is 0 Å². The van der Waals surface area contributed by atoms with Crippen LogP contribution in [0.2, 0.25) is 0 Å². The number of nitrogens with zero attached hydrogens (tertiary/aromatic N) is 2. The normalized spacial score (nSPS) is 15.5. The van der Waals surface area contributed by atoms with Gasteiger partial charge in [-0.25, -0.2) is 13.2 Å². The first-order chi connectivity index (χ1) is 13.4. The molecule has 0 radical (unpaired) electrons. The Balaban J connectivity index is 2.12. The van der Waals surface area contributed by atoms with E-state index in [0.29, 0.717) is 0 Å². The zero-order chi connectivity index (χ0) is 20.3. The van der Waals surface area contributed by atoms with Crippen LogP contribution < -0.4 is 5.32 Å². The van der Waals surface area contributed by atoms with Gasteiger partial charge in [0.2, 0.25) is 10.0 Å². The van der Waals surface area contributed by atoms with Crippen molar-refractivity contribution < 1.29 is 33.0 Å².